The summed E-state index contributed by atoms with van der Waals surface area (Å²) >= 11 is 1.52. The van der Waals surface area contributed by atoms with Gasteiger partial charge >= 0.3 is 0 Å². The summed E-state index contributed by atoms with van der Waals surface area (Å²) < 4.78 is 0. The van der Waals surface area contributed by atoms with Crippen molar-refractivity contribution in [2.75, 3.05) is 6.54 Å². The van der Waals surface area contributed by atoms with Gasteiger partial charge in [0.2, 0.25) is 0 Å². The molecule has 1 aliphatic carbocycles. The van der Waals surface area contributed by atoms with E-state index in [0.29, 0.717) is 18.8 Å². The second kappa shape index (κ2) is 9.15. The van der Waals surface area contributed by atoms with E-state index in [2.05, 4.69) is 38.6 Å². The third-order valence-corrected chi connectivity index (χ3v) is 5.81. The van der Waals surface area contributed by atoms with Crippen LogP contribution in [0.3, 0.4) is 0 Å². The van der Waals surface area contributed by atoms with Gasteiger partial charge < -0.3 is 15.6 Å². The lowest BCUT2D eigenvalue weighted by Crippen LogP contribution is -2.23. The van der Waals surface area contributed by atoms with Gasteiger partial charge in [-0.15, -0.1) is 11.3 Å². The number of allylic oxidation sites excluding steroid dienone is 1. The van der Waals surface area contributed by atoms with Crippen LogP contribution in [-0.2, 0) is 25.9 Å². The number of fused-ring (bicyclic) bond motifs is 1. The van der Waals surface area contributed by atoms with Gasteiger partial charge in [0.1, 0.15) is 11.5 Å². The van der Waals surface area contributed by atoms with Crippen LogP contribution in [0.25, 0.3) is 6.08 Å². The Kier molecular flexibility index (Phi) is 6.17. The van der Waals surface area contributed by atoms with Crippen LogP contribution in [0.2, 0.25) is 0 Å². The van der Waals surface area contributed by atoms with E-state index in [9.17, 15) is 4.79 Å². The number of amides is 1. The fourth-order valence-electron chi connectivity index (χ4n) is 3.30. The largest absolute Gasteiger partial charge is 0.347 e. The molecule has 3 N–H and O–H groups in total. The summed E-state index contributed by atoms with van der Waals surface area (Å²) in [6.45, 7) is 4.16. The van der Waals surface area contributed by atoms with Crippen molar-refractivity contribution in [1.29, 1.82) is 0 Å². The standard InChI is InChI=1S/C22H25N5OS/c1-15-7-8-17-18(11-15)26-20(25-17)13-23-10-9-21-27-19(14-29-21)22(28)24-12-16-5-3-2-4-6-16/h2-6,11,14,23H,7-10,12-13H2,1H3,(H,24,28)(H,25,26). The number of carbonyl (C=O) groups is 1. The highest BCUT2D eigenvalue weighted by atomic mass is 32.1. The molecule has 0 aliphatic heterocycles. The smallest absolute Gasteiger partial charge is 0.271 e. The first-order valence-electron chi connectivity index (χ1n) is 9.89. The predicted molar refractivity (Wildman–Crippen MR) is 116 cm³/mol. The van der Waals surface area contributed by atoms with Crippen LogP contribution in [-0.4, -0.2) is 27.4 Å². The molecule has 0 unspecified atom stereocenters. The third-order valence-electron chi connectivity index (χ3n) is 4.90. The summed E-state index contributed by atoms with van der Waals surface area (Å²) in [4.78, 5) is 24.8. The summed E-state index contributed by atoms with van der Waals surface area (Å²) in [6, 6.07) is 9.87. The molecule has 0 saturated carbocycles. The van der Waals surface area contributed by atoms with Crippen LogP contribution in [0.15, 0.2) is 41.3 Å². The van der Waals surface area contributed by atoms with E-state index in [0.717, 1.165) is 47.9 Å². The van der Waals surface area contributed by atoms with Crippen molar-refractivity contribution in [3.63, 3.8) is 0 Å². The predicted octanol–water partition coefficient (Wildman–Crippen LogP) is 3.48. The molecule has 3 aromatic rings. The Balaban J connectivity index is 1.21. The molecule has 7 heteroatoms. The molecule has 2 aromatic heterocycles. The number of aromatic nitrogens is 3. The highest BCUT2D eigenvalue weighted by Gasteiger charge is 2.13. The Morgan fingerprint density at radius 2 is 2.03 bits per heavy atom. The van der Waals surface area contributed by atoms with Crippen molar-refractivity contribution in [1.82, 2.24) is 25.6 Å². The number of carbonyl (C=O) groups excluding carboxylic acids is 1. The van der Waals surface area contributed by atoms with Crippen molar-refractivity contribution in [2.45, 2.75) is 39.3 Å². The Morgan fingerprint density at radius 3 is 2.90 bits per heavy atom. The Hall–Kier alpha value is -2.77. The number of benzene rings is 1. The van der Waals surface area contributed by atoms with Gasteiger partial charge in [-0.1, -0.05) is 35.9 Å². The van der Waals surface area contributed by atoms with E-state index in [1.54, 1.807) is 0 Å². The minimum atomic E-state index is -0.131. The topological polar surface area (TPSA) is 82.7 Å². The fourth-order valence-corrected chi connectivity index (χ4v) is 4.08. The van der Waals surface area contributed by atoms with E-state index in [-0.39, 0.29) is 5.91 Å². The van der Waals surface area contributed by atoms with Gasteiger partial charge in [0, 0.05) is 30.6 Å². The number of hydrogen-bond acceptors (Lipinski definition) is 5. The third kappa shape index (κ3) is 5.19. The molecule has 2 heterocycles. The van der Waals surface area contributed by atoms with E-state index >= 15 is 0 Å². The first-order valence-corrected chi connectivity index (χ1v) is 10.8. The number of nitrogens with zero attached hydrogens (tertiary/aromatic N) is 2. The number of nitrogens with one attached hydrogen (secondary N) is 3. The van der Waals surface area contributed by atoms with Crippen LogP contribution in [0.5, 0.6) is 0 Å². The highest BCUT2D eigenvalue weighted by Crippen LogP contribution is 2.21. The molecule has 1 amide bonds. The molecule has 0 spiro atoms. The molecule has 1 aliphatic rings. The van der Waals surface area contributed by atoms with Crippen molar-refractivity contribution in [3.8, 4) is 0 Å². The van der Waals surface area contributed by atoms with Gasteiger partial charge in [-0.25, -0.2) is 9.97 Å². The quantitative estimate of drug-likeness (QED) is 0.499. The SMILES string of the molecule is CC1=Cc2nc(CNCCc3nc(C(=O)NCc4ccccc4)cs3)[nH]c2CC1. The molecule has 150 valence electrons. The van der Waals surface area contributed by atoms with Crippen LogP contribution >= 0.6 is 11.3 Å². The Labute approximate surface area is 174 Å². The van der Waals surface area contributed by atoms with Crippen LogP contribution < -0.4 is 10.6 Å². The van der Waals surface area contributed by atoms with E-state index in [1.165, 1.54) is 22.6 Å². The fraction of sp³-hybridized carbons (Fsp3) is 0.318. The van der Waals surface area contributed by atoms with E-state index < -0.39 is 0 Å². The van der Waals surface area contributed by atoms with E-state index in [1.807, 2.05) is 35.7 Å². The number of H-pyrrole nitrogens is 1. The summed E-state index contributed by atoms with van der Waals surface area (Å²) in [5, 5.41) is 9.11. The molecule has 1 aromatic carbocycles. The van der Waals surface area contributed by atoms with Gasteiger partial charge in [-0.05, 0) is 31.4 Å². The van der Waals surface area contributed by atoms with Gasteiger partial charge in [0.25, 0.3) is 5.91 Å². The number of aryl methyl sites for hydroxylation is 1. The lowest BCUT2D eigenvalue weighted by Gasteiger charge is -2.06. The van der Waals surface area contributed by atoms with Crippen LogP contribution in [0.1, 0.15) is 51.6 Å². The monoisotopic (exact) mass is 407 g/mol. The van der Waals surface area contributed by atoms with Crippen molar-refractivity contribution in [2.24, 2.45) is 0 Å². The molecule has 29 heavy (non-hydrogen) atoms. The maximum Gasteiger partial charge on any atom is 0.271 e. The zero-order chi connectivity index (χ0) is 20.1. The minimum Gasteiger partial charge on any atom is -0.347 e. The number of aromatic amines is 1. The van der Waals surface area contributed by atoms with Gasteiger partial charge in [-0.3, -0.25) is 4.79 Å². The van der Waals surface area contributed by atoms with Gasteiger partial charge in [0.15, 0.2) is 0 Å². The molecule has 0 bridgehead atoms. The van der Waals surface area contributed by atoms with Crippen molar-refractivity contribution in [3.05, 3.63) is 74.8 Å². The summed E-state index contributed by atoms with van der Waals surface area (Å²) in [5.74, 6) is 0.842. The number of rotatable bonds is 8. The average Bonchev–Trinajstić information content (AvgIpc) is 3.36. The van der Waals surface area contributed by atoms with E-state index in [4.69, 9.17) is 0 Å². The first-order chi connectivity index (χ1) is 14.2. The zero-order valence-corrected chi connectivity index (χ0v) is 17.3. The highest BCUT2D eigenvalue weighted by molar-refractivity contribution is 7.09. The second-order valence-corrected chi connectivity index (χ2v) is 8.20. The summed E-state index contributed by atoms with van der Waals surface area (Å²) in [5.41, 5.74) is 5.26. The number of imidazole rings is 1. The minimum absolute atomic E-state index is 0.131. The molecule has 0 radical (unpaired) electrons. The lowest BCUT2D eigenvalue weighted by molar-refractivity contribution is 0.0946. The Bertz CT molecular complexity index is 1010. The van der Waals surface area contributed by atoms with Gasteiger partial charge in [-0.2, -0.15) is 0 Å². The van der Waals surface area contributed by atoms with Crippen molar-refractivity contribution < 1.29 is 4.79 Å². The molecule has 0 atom stereocenters. The molecule has 6 nitrogen and oxygen atoms in total. The number of thiazole rings is 1. The number of hydrogen-bond donors (Lipinski definition) is 3. The maximum absolute atomic E-state index is 12.3. The lowest BCUT2D eigenvalue weighted by atomic mass is 10.0. The Morgan fingerprint density at radius 1 is 1.17 bits per heavy atom. The first kappa shape index (κ1) is 19.5. The maximum atomic E-state index is 12.3. The molecule has 4 rings (SSSR count). The normalized spacial score (nSPS) is 13.1. The van der Waals surface area contributed by atoms with Crippen LogP contribution in [0.4, 0.5) is 0 Å². The molecule has 0 saturated heterocycles. The van der Waals surface area contributed by atoms with Crippen molar-refractivity contribution >= 4 is 23.3 Å². The zero-order valence-electron chi connectivity index (χ0n) is 16.5. The molecular weight excluding hydrogens is 382 g/mol. The summed E-state index contributed by atoms with van der Waals surface area (Å²) in [7, 11) is 0. The van der Waals surface area contributed by atoms with Crippen LogP contribution in [0, 0.1) is 0 Å². The molecule has 0 fully saturated rings. The summed E-state index contributed by atoms with van der Waals surface area (Å²) in [6.07, 6.45) is 5.10. The average molecular weight is 408 g/mol. The second-order valence-electron chi connectivity index (χ2n) is 7.26. The van der Waals surface area contributed by atoms with Gasteiger partial charge in [0.05, 0.1) is 17.2 Å². The molecular formula is C22H25N5OS.